The van der Waals surface area contributed by atoms with Crippen LogP contribution in [0.4, 0.5) is 5.69 Å². The summed E-state index contributed by atoms with van der Waals surface area (Å²) in [7, 11) is 0. The Kier molecular flexibility index (Phi) is 3.85. The molecule has 1 unspecified atom stereocenters. The van der Waals surface area contributed by atoms with Crippen LogP contribution in [0.2, 0.25) is 0 Å². The quantitative estimate of drug-likeness (QED) is 0.572. The van der Waals surface area contributed by atoms with E-state index in [1.807, 2.05) is 6.20 Å². The van der Waals surface area contributed by atoms with Gasteiger partial charge in [0.25, 0.3) is 0 Å². The van der Waals surface area contributed by atoms with Crippen LogP contribution in [0.25, 0.3) is 10.9 Å². The van der Waals surface area contributed by atoms with E-state index in [-0.39, 0.29) is 6.04 Å². The van der Waals surface area contributed by atoms with Crippen molar-refractivity contribution in [1.82, 2.24) is 4.98 Å². The Morgan fingerprint density at radius 2 is 1.90 bits per heavy atom. The molecule has 2 N–H and O–H groups in total. The number of H-pyrrole nitrogens is 1. The summed E-state index contributed by atoms with van der Waals surface area (Å²) in [6.45, 7) is 2.16. The maximum atomic E-state index is 3.62. The Bertz CT molecular complexity index is 749. The van der Waals surface area contributed by atoms with Crippen molar-refractivity contribution in [1.29, 1.82) is 0 Å². The molecule has 1 aromatic heterocycles. The first-order valence-electron chi connectivity index (χ1n) is 6.42. The van der Waals surface area contributed by atoms with Gasteiger partial charge in [0.15, 0.2) is 0 Å². The van der Waals surface area contributed by atoms with Gasteiger partial charge in [-0.05, 0) is 48.9 Å². The van der Waals surface area contributed by atoms with E-state index in [0.717, 1.165) is 20.1 Å². The molecule has 0 aliphatic rings. The first-order chi connectivity index (χ1) is 9.63. The average molecular weight is 394 g/mol. The van der Waals surface area contributed by atoms with Crippen LogP contribution in [0.15, 0.2) is 57.6 Å². The van der Waals surface area contributed by atoms with Gasteiger partial charge in [0.2, 0.25) is 0 Å². The van der Waals surface area contributed by atoms with Crippen molar-refractivity contribution in [2.75, 3.05) is 5.32 Å². The molecule has 0 bridgehead atoms. The summed E-state index contributed by atoms with van der Waals surface area (Å²) in [5.41, 5.74) is 3.52. The molecule has 0 fully saturated rings. The molecule has 1 atom stereocenters. The fourth-order valence-corrected chi connectivity index (χ4v) is 3.71. The van der Waals surface area contributed by atoms with Crippen molar-refractivity contribution >= 4 is 48.5 Å². The summed E-state index contributed by atoms with van der Waals surface area (Å²) in [5.74, 6) is 0. The number of benzene rings is 2. The second-order valence-corrected chi connectivity index (χ2v) is 6.58. The van der Waals surface area contributed by atoms with Crippen molar-refractivity contribution in [3.8, 4) is 0 Å². The van der Waals surface area contributed by atoms with Gasteiger partial charge in [-0.2, -0.15) is 0 Å². The van der Waals surface area contributed by atoms with Crippen LogP contribution in [0.5, 0.6) is 0 Å². The van der Waals surface area contributed by atoms with Crippen molar-refractivity contribution in [3.05, 3.63) is 63.2 Å². The molecule has 0 aliphatic carbocycles. The van der Waals surface area contributed by atoms with Crippen LogP contribution in [0.3, 0.4) is 0 Å². The van der Waals surface area contributed by atoms with Crippen molar-refractivity contribution in [2.45, 2.75) is 13.0 Å². The highest BCUT2D eigenvalue weighted by atomic mass is 79.9. The Labute approximate surface area is 134 Å². The minimum atomic E-state index is 0.230. The summed E-state index contributed by atoms with van der Waals surface area (Å²) in [4.78, 5) is 3.21. The van der Waals surface area contributed by atoms with Gasteiger partial charge in [0.1, 0.15) is 0 Å². The van der Waals surface area contributed by atoms with E-state index in [0.29, 0.717) is 0 Å². The number of aromatic nitrogens is 1. The van der Waals surface area contributed by atoms with Gasteiger partial charge in [-0.15, -0.1) is 0 Å². The number of hydrogen-bond donors (Lipinski definition) is 2. The second-order valence-electron chi connectivity index (χ2n) is 4.81. The maximum Gasteiger partial charge on any atom is 0.0496 e. The molecule has 0 spiro atoms. The van der Waals surface area contributed by atoms with Crippen molar-refractivity contribution in [2.24, 2.45) is 0 Å². The van der Waals surface area contributed by atoms with Crippen LogP contribution in [0.1, 0.15) is 18.5 Å². The topological polar surface area (TPSA) is 27.8 Å². The Morgan fingerprint density at radius 3 is 2.70 bits per heavy atom. The lowest BCUT2D eigenvalue weighted by atomic mass is 10.1. The third-order valence-electron chi connectivity index (χ3n) is 3.37. The average Bonchev–Trinajstić information content (AvgIpc) is 2.85. The van der Waals surface area contributed by atoms with Gasteiger partial charge in [0, 0.05) is 37.8 Å². The predicted octanol–water partition coefficient (Wildman–Crippen LogP) is 5.87. The Morgan fingerprint density at radius 1 is 1.05 bits per heavy atom. The minimum Gasteiger partial charge on any atom is -0.378 e. The van der Waals surface area contributed by atoms with Gasteiger partial charge >= 0.3 is 0 Å². The molecule has 2 nitrogen and oxygen atoms in total. The van der Waals surface area contributed by atoms with Gasteiger partial charge in [-0.25, -0.2) is 0 Å². The summed E-state index contributed by atoms with van der Waals surface area (Å²) < 4.78 is 2.18. The third kappa shape index (κ3) is 2.76. The zero-order valence-electron chi connectivity index (χ0n) is 11.0. The van der Waals surface area contributed by atoms with Crippen LogP contribution >= 0.6 is 31.9 Å². The van der Waals surface area contributed by atoms with Gasteiger partial charge in [-0.3, -0.25) is 0 Å². The molecule has 0 saturated heterocycles. The monoisotopic (exact) mass is 392 g/mol. The molecular weight excluding hydrogens is 380 g/mol. The lowest BCUT2D eigenvalue weighted by molar-refractivity contribution is 0.879. The summed E-state index contributed by atoms with van der Waals surface area (Å²) in [6.07, 6.45) is 1.96. The smallest absolute Gasteiger partial charge is 0.0496 e. The highest BCUT2D eigenvalue weighted by Gasteiger charge is 2.10. The van der Waals surface area contributed by atoms with Crippen LogP contribution in [-0.2, 0) is 0 Å². The summed E-state index contributed by atoms with van der Waals surface area (Å²) >= 11 is 7.10. The lowest BCUT2D eigenvalue weighted by Gasteiger charge is -2.17. The number of nitrogens with one attached hydrogen (secondary N) is 2. The zero-order valence-corrected chi connectivity index (χ0v) is 14.1. The van der Waals surface area contributed by atoms with E-state index in [4.69, 9.17) is 0 Å². The number of fused-ring (bicyclic) bond motifs is 1. The third-order valence-corrected chi connectivity index (χ3v) is 4.55. The van der Waals surface area contributed by atoms with Gasteiger partial charge in [-0.1, -0.05) is 37.9 Å². The second kappa shape index (κ2) is 5.62. The largest absolute Gasteiger partial charge is 0.378 e. The van der Waals surface area contributed by atoms with Crippen molar-refractivity contribution < 1.29 is 0 Å². The summed E-state index contributed by atoms with van der Waals surface area (Å²) in [5, 5.41) is 4.76. The molecule has 0 radical (unpaired) electrons. The van der Waals surface area contributed by atoms with Crippen LogP contribution < -0.4 is 5.32 Å². The van der Waals surface area contributed by atoms with E-state index >= 15 is 0 Å². The molecule has 0 amide bonds. The fourth-order valence-electron chi connectivity index (χ4n) is 2.32. The fraction of sp³-hybridized carbons (Fsp3) is 0.125. The van der Waals surface area contributed by atoms with E-state index < -0.39 is 0 Å². The minimum absolute atomic E-state index is 0.230. The number of anilines is 1. The van der Waals surface area contributed by atoms with Crippen LogP contribution in [-0.4, -0.2) is 4.98 Å². The van der Waals surface area contributed by atoms with Crippen LogP contribution in [0, 0.1) is 0 Å². The number of halogens is 2. The van der Waals surface area contributed by atoms with E-state index in [2.05, 4.69) is 91.5 Å². The number of aromatic amines is 1. The predicted molar refractivity (Wildman–Crippen MR) is 92.2 cm³/mol. The number of rotatable bonds is 3. The van der Waals surface area contributed by atoms with E-state index in [1.54, 1.807) is 0 Å². The molecular formula is C16H14Br2N2. The molecule has 102 valence electrons. The lowest BCUT2D eigenvalue weighted by Crippen LogP contribution is -2.07. The van der Waals surface area contributed by atoms with E-state index in [1.165, 1.54) is 10.9 Å². The van der Waals surface area contributed by atoms with E-state index in [9.17, 15) is 0 Å². The molecule has 3 aromatic rings. The standard InChI is InChI=1S/C16H14Br2N2/c1-10(14-4-2-12(17)9-15(14)18)20-13-3-5-16-11(8-13)6-7-19-16/h2-10,19-20H,1H3. The van der Waals surface area contributed by atoms with Gasteiger partial charge in [0.05, 0.1) is 0 Å². The normalized spacial score (nSPS) is 12.6. The zero-order chi connectivity index (χ0) is 14.1. The molecule has 2 aromatic carbocycles. The highest BCUT2D eigenvalue weighted by molar-refractivity contribution is 9.11. The molecule has 3 rings (SSSR count). The van der Waals surface area contributed by atoms with Crippen molar-refractivity contribution in [3.63, 3.8) is 0 Å². The summed E-state index contributed by atoms with van der Waals surface area (Å²) in [6, 6.07) is 14.9. The first-order valence-corrected chi connectivity index (χ1v) is 8.01. The maximum absolute atomic E-state index is 3.62. The highest BCUT2D eigenvalue weighted by Crippen LogP contribution is 2.29. The molecule has 4 heteroatoms. The Hall–Kier alpha value is -1.26. The molecule has 1 heterocycles. The van der Waals surface area contributed by atoms with Gasteiger partial charge < -0.3 is 10.3 Å². The first kappa shape index (κ1) is 13.7. The molecule has 0 aliphatic heterocycles. The number of hydrogen-bond acceptors (Lipinski definition) is 1. The Balaban J connectivity index is 1.85. The SMILES string of the molecule is CC(Nc1ccc2[nH]ccc2c1)c1ccc(Br)cc1Br. The molecule has 0 saturated carbocycles. The molecule has 20 heavy (non-hydrogen) atoms.